The lowest BCUT2D eigenvalue weighted by Crippen LogP contribution is -2.21. The van der Waals surface area contributed by atoms with Gasteiger partial charge >= 0.3 is 0 Å². The lowest BCUT2D eigenvalue weighted by Gasteiger charge is -2.15. The van der Waals surface area contributed by atoms with Gasteiger partial charge in [0.15, 0.2) is 0 Å². The van der Waals surface area contributed by atoms with Gasteiger partial charge < -0.3 is 15.2 Å². The van der Waals surface area contributed by atoms with Crippen LogP contribution < -0.4 is 5.32 Å². The molecule has 0 fully saturated rings. The van der Waals surface area contributed by atoms with E-state index in [1.54, 1.807) is 6.07 Å². The van der Waals surface area contributed by atoms with Crippen LogP contribution in [-0.4, -0.2) is 24.9 Å². The zero-order chi connectivity index (χ0) is 14.1. The molecule has 1 aromatic rings. The van der Waals surface area contributed by atoms with Gasteiger partial charge in [-0.15, -0.1) is 0 Å². The quantitative estimate of drug-likeness (QED) is 0.675. The van der Waals surface area contributed by atoms with Crippen LogP contribution in [0.2, 0.25) is 0 Å². The number of hydrogen-bond acceptors (Lipinski definition) is 3. The van der Waals surface area contributed by atoms with E-state index in [1.807, 2.05) is 6.92 Å². The molecule has 0 aromatic heterocycles. The van der Waals surface area contributed by atoms with Crippen molar-refractivity contribution in [1.29, 1.82) is 0 Å². The predicted octanol–water partition coefficient (Wildman–Crippen LogP) is 3.39. The second-order valence-corrected chi connectivity index (χ2v) is 4.70. The third-order valence-corrected chi connectivity index (χ3v) is 3.02. The molecule has 0 heterocycles. The van der Waals surface area contributed by atoms with Crippen molar-refractivity contribution in [3.8, 4) is 5.75 Å². The minimum Gasteiger partial charge on any atom is -0.508 e. The highest BCUT2D eigenvalue weighted by Gasteiger charge is 2.10. The summed E-state index contributed by atoms with van der Waals surface area (Å²) in [7, 11) is 0. The number of halogens is 1. The molecule has 0 saturated heterocycles. The van der Waals surface area contributed by atoms with E-state index >= 15 is 0 Å². The minimum absolute atomic E-state index is 0.000745. The van der Waals surface area contributed by atoms with Crippen molar-refractivity contribution in [2.24, 2.45) is 0 Å². The summed E-state index contributed by atoms with van der Waals surface area (Å²) in [5, 5.41) is 12.9. The molecule has 0 amide bonds. The van der Waals surface area contributed by atoms with Crippen LogP contribution >= 0.6 is 0 Å². The fourth-order valence-corrected chi connectivity index (χ4v) is 1.83. The maximum atomic E-state index is 12.9. The summed E-state index contributed by atoms with van der Waals surface area (Å²) in [5.41, 5.74) is 0.716. The number of benzene rings is 1. The molecule has 0 bridgehead atoms. The first-order valence-corrected chi connectivity index (χ1v) is 6.94. The lowest BCUT2D eigenvalue weighted by molar-refractivity contribution is 0.128. The maximum absolute atomic E-state index is 12.9. The normalized spacial score (nSPS) is 12.6. The summed E-state index contributed by atoms with van der Waals surface area (Å²) >= 11 is 0. The van der Waals surface area contributed by atoms with Crippen LogP contribution in [0.4, 0.5) is 4.39 Å². The van der Waals surface area contributed by atoms with Crippen LogP contribution in [0.3, 0.4) is 0 Å². The van der Waals surface area contributed by atoms with Crippen LogP contribution in [0.1, 0.15) is 44.7 Å². The summed E-state index contributed by atoms with van der Waals surface area (Å²) in [6, 6.07) is 4.11. The first kappa shape index (κ1) is 15.9. The van der Waals surface area contributed by atoms with E-state index in [4.69, 9.17) is 4.74 Å². The van der Waals surface area contributed by atoms with Gasteiger partial charge in [0, 0.05) is 30.9 Å². The third kappa shape index (κ3) is 6.03. The molecule has 1 aromatic carbocycles. The van der Waals surface area contributed by atoms with Crippen molar-refractivity contribution in [2.75, 3.05) is 19.8 Å². The Balaban J connectivity index is 2.22. The number of aromatic hydroxyl groups is 1. The van der Waals surface area contributed by atoms with Gasteiger partial charge in [-0.3, -0.25) is 0 Å². The van der Waals surface area contributed by atoms with Gasteiger partial charge in [0.1, 0.15) is 11.6 Å². The van der Waals surface area contributed by atoms with Gasteiger partial charge in [-0.2, -0.15) is 0 Å². The van der Waals surface area contributed by atoms with Gasteiger partial charge in [-0.1, -0.05) is 19.4 Å². The molecule has 0 spiro atoms. The lowest BCUT2D eigenvalue weighted by atomic mass is 10.1. The minimum atomic E-state index is -0.419. The van der Waals surface area contributed by atoms with Gasteiger partial charge in [-0.05, 0) is 32.4 Å². The van der Waals surface area contributed by atoms with Gasteiger partial charge in [0.05, 0.1) is 0 Å². The summed E-state index contributed by atoms with van der Waals surface area (Å²) in [4.78, 5) is 0. The topological polar surface area (TPSA) is 41.5 Å². The first-order chi connectivity index (χ1) is 9.15. The molecule has 1 unspecified atom stereocenters. The Morgan fingerprint density at radius 3 is 2.74 bits per heavy atom. The van der Waals surface area contributed by atoms with E-state index in [0.29, 0.717) is 5.56 Å². The van der Waals surface area contributed by atoms with Crippen LogP contribution in [0.25, 0.3) is 0 Å². The van der Waals surface area contributed by atoms with Crippen LogP contribution in [-0.2, 0) is 4.74 Å². The van der Waals surface area contributed by atoms with Gasteiger partial charge in [0.25, 0.3) is 0 Å². The Morgan fingerprint density at radius 1 is 1.32 bits per heavy atom. The van der Waals surface area contributed by atoms with E-state index in [-0.39, 0.29) is 11.8 Å². The molecule has 4 heteroatoms. The maximum Gasteiger partial charge on any atom is 0.126 e. The molecule has 0 aliphatic rings. The second kappa shape index (κ2) is 8.88. The van der Waals surface area contributed by atoms with E-state index in [1.165, 1.54) is 6.07 Å². The standard InChI is InChI=1S/C15H24FNO2/c1-3-4-9-19-10-5-8-17-12(2)14-7-6-13(16)11-15(14)18/h6-7,11-12,17-18H,3-5,8-10H2,1-2H3. The van der Waals surface area contributed by atoms with Crippen molar-refractivity contribution in [3.63, 3.8) is 0 Å². The number of rotatable bonds is 9. The zero-order valence-corrected chi connectivity index (χ0v) is 11.8. The molecule has 0 aliphatic heterocycles. The number of ether oxygens (including phenoxy) is 1. The van der Waals surface area contributed by atoms with E-state index in [0.717, 1.165) is 45.1 Å². The van der Waals surface area contributed by atoms with Gasteiger partial charge in [-0.25, -0.2) is 4.39 Å². The first-order valence-electron chi connectivity index (χ1n) is 6.94. The average molecular weight is 269 g/mol. The smallest absolute Gasteiger partial charge is 0.126 e. The Morgan fingerprint density at radius 2 is 2.05 bits per heavy atom. The van der Waals surface area contributed by atoms with Crippen molar-refractivity contribution >= 4 is 0 Å². The largest absolute Gasteiger partial charge is 0.508 e. The Bertz CT molecular complexity index is 371. The molecule has 108 valence electrons. The van der Waals surface area contributed by atoms with Crippen molar-refractivity contribution in [3.05, 3.63) is 29.6 Å². The Labute approximate surface area is 114 Å². The fraction of sp³-hybridized carbons (Fsp3) is 0.600. The molecule has 0 saturated carbocycles. The summed E-state index contributed by atoms with van der Waals surface area (Å²) in [6.07, 6.45) is 3.18. The summed E-state index contributed by atoms with van der Waals surface area (Å²) < 4.78 is 18.3. The molecule has 1 rings (SSSR count). The highest BCUT2D eigenvalue weighted by molar-refractivity contribution is 5.34. The van der Waals surface area contributed by atoms with E-state index in [2.05, 4.69) is 12.2 Å². The molecular formula is C15H24FNO2. The van der Waals surface area contributed by atoms with E-state index < -0.39 is 5.82 Å². The Hall–Kier alpha value is -1.13. The SMILES string of the molecule is CCCCOCCCNC(C)c1ccc(F)cc1O. The number of hydrogen-bond donors (Lipinski definition) is 2. The molecule has 2 N–H and O–H groups in total. The Kier molecular flexibility index (Phi) is 7.45. The highest BCUT2D eigenvalue weighted by atomic mass is 19.1. The molecule has 1 atom stereocenters. The van der Waals surface area contributed by atoms with Crippen LogP contribution in [0, 0.1) is 5.82 Å². The number of phenolic OH excluding ortho intramolecular Hbond substituents is 1. The molecule has 19 heavy (non-hydrogen) atoms. The summed E-state index contributed by atoms with van der Waals surface area (Å²) in [6.45, 7) is 6.47. The van der Waals surface area contributed by atoms with Gasteiger partial charge in [0.2, 0.25) is 0 Å². The van der Waals surface area contributed by atoms with Crippen LogP contribution in [0.5, 0.6) is 5.75 Å². The highest BCUT2D eigenvalue weighted by Crippen LogP contribution is 2.24. The predicted molar refractivity (Wildman–Crippen MR) is 74.8 cm³/mol. The van der Waals surface area contributed by atoms with E-state index in [9.17, 15) is 9.50 Å². The monoisotopic (exact) mass is 269 g/mol. The molecule has 3 nitrogen and oxygen atoms in total. The summed E-state index contributed by atoms with van der Waals surface area (Å²) in [5.74, 6) is -0.419. The van der Waals surface area contributed by atoms with Crippen molar-refractivity contribution in [1.82, 2.24) is 5.32 Å². The van der Waals surface area contributed by atoms with Crippen molar-refractivity contribution < 1.29 is 14.2 Å². The average Bonchev–Trinajstić information content (AvgIpc) is 2.37. The third-order valence-electron chi connectivity index (χ3n) is 3.02. The number of nitrogens with one attached hydrogen (secondary N) is 1. The molecular weight excluding hydrogens is 245 g/mol. The van der Waals surface area contributed by atoms with Crippen molar-refractivity contribution in [2.45, 2.75) is 39.2 Å². The molecule has 0 radical (unpaired) electrons. The number of unbranched alkanes of at least 4 members (excludes halogenated alkanes) is 1. The number of phenols is 1. The van der Waals surface area contributed by atoms with Crippen LogP contribution in [0.15, 0.2) is 18.2 Å². The molecule has 0 aliphatic carbocycles. The zero-order valence-electron chi connectivity index (χ0n) is 11.8. The second-order valence-electron chi connectivity index (χ2n) is 4.70. The fourth-order valence-electron chi connectivity index (χ4n) is 1.83.